The Hall–Kier alpha value is -0.710. The summed E-state index contributed by atoms with van der Waals surface area (Å²) in [5.41, 5.74) is 0.790. The van der Waals surface area contributed by atoms with Gasteiger partial charge in [0, 0.05) is 30.5 Å². The van der Waals surface area contributed by atoms with E-state index < -0.39 is 0 Å². The van der Waals surface area contributed by atoms with Crippen molar-refractivity contribution in [3.63, 3.8) is 0 Å². The Balaban J connectivity index is 2.29. The molecule has 0 aromatic carbocycles. The van der Waals surface area contributed by atoms with E-state index in [4.69, 9.17) is 5.11 Å². The van der Waals surface area contributed by atoms with E-state index in [1.807, 2.05) is 21.7 Å². The molecular formula is C12H19NO2S. The third-order valence-electron chi connectivity index (χ3n) is 2.53. The molecular weight excluding hydrogens is 222 g/mol. The van der Waals surface area contributed by atoms with Crippen LogP contribution in [-0.2, 0) is 0 Å². The van der Waals surface area contributed by atoms with Gasteiger partial charge in [0.15, 0.2) is 5.78 Å². The molecule has 1 N–H and O–H groups in total. The highest BCUT2D eigenvalue weighted by atomic mass is 32.1. The number of unbranched alkanes of at least 4 members (excludes halogenated alkanes) is 1. The number of aliphatic hydroxyl groups is 1. The number of aliphatic hydroxyl groups excluding tert-OH is 1. The van der Waals surface area contributed by atoms with E-state index in [1.165, 1.54) is 11.3 Å². The van der Waals surface area contributed by atoms with Crippen molar-refractivity contribution in [2.75, 3.05) is 19.8 Å². The molecule has 0 saturated carbocycles. The van der Waals surface area contributed by atoms with Crippen molar-refractivity contribution in [3.05, 3.63) is 22.4 Å². The second-order valence-electron chi connectivity index (χ2n) is 3.80. The van der Waals surface area contributed by atoms with Gasteiger partial charge in [0.25, 0.3) is 0 Å². The minimum Gasteiger partial charge on any atom is -0.381 e. The Kier molecular flexibility index (Phi) is 6.30. The maximum Gasteiger partial charge on any atom is 0.164 e. The number of Topliss-reactive ketones (excluding diaryl/α,β-unsaturated/α-hetero) is 1. The minimum absolute atomic E-state index is 0.0386. The quantitative estimate of drug-likeness (QED) is 0.561. The third kappa shape index (κ3) is 4.43. The number of hydrogen-bond donors (Lipinski definition) is 1. The van der Waals surface area contributed by atoms with E-state index >= 15 is 0 Å². The Morgan fingerprint density at radius 2 is 2.31 bits per heavy atom. The molecule has 0 amide bonds. The van der Waals surface area contributed by atoms with Crippen molar-refractivity contribution in [1.82, 2.24) is 4.90 Å². The zero-order valence-corrected chi connectivity index (χ0v) is 10.5. The maximum absolute atomic E-state index is 11.7. The first-order chi connectivity index (χ1) is 7.77. The lowest BCUT2D eigenvalue weighted by Crippen LogP contribution is -2.28. The first-order valence-corrected chi connectivity index (χ1v) is 6.60. The second kappa shape index (κ2) is 7.54. The molecule has 0 aliphatic heterocycles. The summed E-state index contributed by atoms with van der Waals surface area (Å²) in [7, 11) is 0. The average molecular weight is 241 g/mol. The van der Waals surface area contributed by atoms with Crippen LogP contribution in [0.25, 0.3) is 0 Å². The fraction of sp³-hybridized carbons (Fsp3) is 0.583. The molecule has 0 unspecified atom stereocenters. The number of thiophene rings is 1. The molecule has 0 spiro atoms. The van der Waals surface area contributed by atoms with E-state index in [0.29, 0.717) is 13.0 Å². The third-order valence-corrected chi connectivity index (χ3v) is 3.21. The van der Waals surface area contributed by atoms with Crippen LogP contribution in [0.15, 0.2) is 16.8 Å². The summed E-state index contributed by atoms with van der Waals surface area (Å²) < 4.78 is 0. The highest BCUT2D eigenvalue weighted by Crippen LogP contribution is 2.09. The lowest BCUT2D eigenvalue weighted by Gasteiger charge is -2.18. The standard InChI is InChI=1S/C12H19NO2S/c1-2-3-6-13(10-14)7-4-12(15)11-5-8-16-9-11/h5,8-9,14H,2-4,6-7,10H2,1H3. The average Bonchev–Trinajstić information content (AvgIpc) is 2.82. The van der Waals surface area contributed by atoms with Crippen LogP contribution in [0.1, 0.15) is 36.5 Å². The van der Waals surface area contributed by atoms with Crippen molar-refractivity contribution in [2.45, 2.75) is 26.2 Å². The minimum atomic E-state index is 0.0386. The van der Waals surface area contributed by atoms with Crippen LogP contribution >= 0.6 is 11.3 Å². The summed E-state index contributed by atoms with van der Waals surface area (Å²) in [5, 5.41) is 12.9. The Morgan fingerprint density at radius 3 is 2.88 bits per heavy atom. The normalized spacial score (nSPS) is 10.9. The van der Waals surface area contributed by atoms with Gasteiger partial charge in [-0.3, -0.25) is 9.69 Å². The zero-order valence-electron chi connectivity index (χ0n) is 9.69. The molecule has 0 aliphatic rings. The Bertz CT molecular complexity index is 298. The van der Waals surface area contributed by atoms with Gasteiger partial charge in [0.05, 0.1) is 6.73 Å². The molecule has 0 fully saturated rings. The Labute approximate surface area is 101 Å². The SMILES string of the molecule is CCCCN(CO)CCC(=O)c1ccsc1. The van der Waals surface area contributed by atoms with Crippen LogP contribution in [-0.4, -0.2) is 35.6 Å². The highest BCUT2D eigenvalue weighted by molar-refractivity contribution is 7.08. The molecule has 0 atom stereocenters. The van der Waals surface area contributed by atoms with Crippen LogP contribution in [0.3, 0.4) is 0 Å². The van der Waals surface area contributed by atoms with E-state index in [2.05, 4.69) is 6.92 Å². The van der Waals surface area contributed by atoms with Crippen LogP contribution in [0.5, 0.6) is 0 Å². The lowest BCUT2D eigenvalue weighted by atomic mass is 10.1. The van der Waals surface area contributed by atoms with E-state index in [-0.39, 0.29) is 12.5 Å². The molecule has 3 nitrogen and oxygen atoms in total. The smallest absolute Gasteiger partial charge is 0.164 e. The van der Waals surface area contributed by atoms with E-state index in [0.717, 1.165) is 24.9 Å². The summed E-state index contributed by atoms with van der Waals surface area (Å²) >= 11 is 1.54. The molecule has 0 bridgehead atoms. The van der Waals surface area contributed by atoms with Crippen LogP contribution in [0.2, 0.25) is 0 Å². The fourth-order valence-corrected chi connectivity index (χ4v) is 2.12. The number of carbonyl (C=O) groups excluding carboxylic acids is 1. The molecule has 1 rings (SSSR count). The molecule has 1 aromatic heterocycles. The summed E-state index contributed by atoms with van der Waals surface area (Å²) in [6, 6.07) is 1.85. The maximum atomic E-state index is 11.7. The molecule has 1 heterocycles. The number of hydrogen-bond acceptors (Lipinski definition) is 4. The van der Waals surface area contributed by atoms with Crippen molar-refractivity contribution in [2.24, 2.45) is 0 Å². The summed E-state index contributed by atoms with van der Waals surface area (Å²) in [5.74, 6) is 0.163. The summed E-state index contributed by atoms with van der Waals surface area (Å²) in [4.78, 5) is 13.6. The number of nitrogens with zero attached hydrogens (tertiary/aromatic N) is 1. The summed E-state index contributed by atoms with van der Waals surface area (Å²) in [6.45, 7) is 3.66. The topological polar surface area (TPSA) is 40.5 Å². The second-order valence-corrected chi connectivity index (χ2v) is 4.58. The molecule has 90 valence electrons. The van der Waals surface area contributed by atoms with Crippen molar-refractivity contribution in [1.29, 1.82) is 0 Å². The van der Waals surface area contributed by atoms with Gasteiger partial charge in [0.1, 0.15) is 0 Å². The van der Waals surface area contributed by atoms with E-state index in [1.54, 1.807) is 0 Å². The molecule has 16 heavy (non-hydrogen) atoms. The van der Waals surface area contributed by atoms with Gasteiger partial charge < -0.3 is 5.11 Å². The number of carbonyl (C=O) groups is 1. The van der Waals surface area contributed by atoms with Gasteiger partial charge in [-0.2, -0.15) is 11.3 Å². The first kappa shape index (κ1) is 13.4. The van der Waals surface area contributed by atoms with Gasteiger partial charge in [-0.15, -0.1) is 0 Å². The largest absolute Gasteiger partial charge is 0.381 e. The monoisotopic (exact) mass is 241 g/mol. The van der Waals surface area contributed by atoms with Crippen molar-refractivity contribution < 1.29 is 9.90 Å². The molecule has 0 aliphatic carbocycles. The van der Waals surface area contributed by atoms with Crippen LogP contribution in [0, 0.1) is 0 Å². The highest BCUT2D eigenvalue weighted by Gasteiger charge is 2.09. The van der Waals surface area contributed by atoms with Gasteiger partial charge in [-0.1, -0.05) is 13.3 Å². The van der Waals surface area contributed by atoms with Gasteiger partial charge >= 0.3 is 0 Å². The Morgan fingerprint density at radius 1 is 1.50 bits per heavy atom. The summed E-state index contributed by atoms with van der Waals surface area (Å²) in [6.07, 6.45) is 2.66. The predicted octanol–water partition coefficient (Wildman–Crippen LogP) is 2.37. The number of ketones is 1. The van der Waals surface area contributed by atoms with Crippen LogP contribution < -0.4 is 0 Å². The van der Waals surface area contributed by atoms with E-state index in [9.17, 15) is 4.79 Å². The predicted molar refractivity (Wildman–Crippen MR) is 66.8 cm³/mol. The molecule has 1 aromatic rings. The molecule has 0 saturated heterocycles. The fourth-order valence-electron chi connectivity index (χ4n) is 1.46. The van der Waals surface area contributed by atoms with Gasteiger partial charge in [-0.25, -0.2) is 0 Å². The number of rotatable bonds is 8. The van der Waals surface area contributed by atoms with Crippen LogP contribution in [0.4, 0.5) is 0 Å². The van der Waals surface area contributed by atoms with Crippen molar-refractivity contribution in [3.8, 4) is 0 Å². The van der Waals surface area contributed by atoms with Gasteiger partial charge in [0.2, 0.25) is 0 Å². The molecule has 0 radical (unpaired) electrons. The first-order valence-electron chi connectivity index (χ1n) is 5.66. The molecule has 4 heteroatoms. The zero-order chi connectivity index (χ0) is 11.8. The van der Waals surface area contributed by atoms with Crippen molar-refractivity contribution >= 4 is 17.1 Å². The lowest BCUT2D eigenvalue weighted by molar-refractivity contribution is 0.0866. The van der Waals surface area contributed by atoms with Gasteiger partial charge in [-0.05, 0) is 17.9 Å².